The highest BCUT2D eigenvalue weighted by atomic mass is 35.5. The number of primary amides is 1. The summed E-state index contributed by atoms with van der Waals surface area (Å²) in [5.74, 6) is 0.174. The fourth-order valence-electron chi connectivity index (χ4n) is 2.20. The number of rotatable bonds is 9. The molecular formula is C19H22ClN3O3. The van der Waals surface area contributed by atoms with Crippen molar-refractivity contribution in [1.29, 1.82) is 0 Å². The number of nitrogens with zero attached hydrogens (tertiary/aromatic N) is 1. The molecule has 0 unspecified atom stereocenters. The SMILES string of the molecule is CN(CCOc1ccc(Cl)cc1)CCC(=O)Nc1ccc(C(N)=O)cc1. The fourth-order valence-corrected chi connectivity index (χ4v) is 2.32. The summed E-state index contributed by atoms with van der Waals surface area (Å²) in [5, 5.41) is 3.46. The summed E-state index contributed by atoms with van der Waals surface area (Å²) in [7, 11) is 1.93. The maximum atomic E-state index is 12.0. The molecule has 0 fully saturated rings. The summed E-state index contributed by atoms with van der Waals surface area (Å²) in [6, 6.07) is 13.7. The minimum atomic E-state index is -0.495. The number of hydrogen-bond acceptors (Lipinski definition) is 4. The number of carbonyl (C=O) groups excluding carboxylic acids is 2. The fraction of sp³-hybridized carbons (Fsp3) is 0.263. The van der Waals surface area contributed by atoms with Gasteiger partial charge in [0.25, 0.3) is 0 Å². The Morgan fingerprint density at radius 1 is 1.08 bits per heavy atom. The van der Waals surface area contributed by atoms with Crippen LogP contribution in [0.4, 0.5) is 5.69 Å². The molecule has 0 bridgehead atoms. The van der Waals surface area contributed by atoms with Crippen LogP contribution in [0, 0.1) is 0 Å². The van der Waals surface area contributed by atoms with E-state index < -0.39 is 5.91 Å². The third kappa shape index (κ3) is 6.74. The molecule has 0 spiro atoms. The number of anilines is 1. The molecule has 0 aliphatic carbocycles. The first-order chi connectivity index (χ1) is 12.4. The van der Waals surface area contributed by atoms with Crippen molar-refractivity contribution < 1.29 is 14.3 Å². The van der Waals surface area contributed by atoms with Crippen molar-refractivity contribution in [3.63, 3.8) is 0 Å². The van der Waals surface area contributed by atoms with Crippen LogP contribution in [0.3, 0.4) is 0 Å². The first-order valence-corrected chi connectivity index (χ1v) is 8.58. The van der Waals surface area contributed by atoms with Gasteiger partial charge in [-0.3, -0.25) is 9.59 Å². The second-order valence-electron chi connectivity index (χ2n) is 5.85. The van der Waals surface area contributed by atoms with Crippen LogP contribution in [0.5, 0.6) is 5.75 Å². The lowest BCUT2D eigenvalue weighted by Crippen LogP contribution is -2.28. The van der Waals surface area contributed by atoms with E-state index in [1.807, 2.05) is 24.1 Å². The Labute approximate surface area is 157 Å². The van der Waals surface area contributed by atoms with Gasteiger partial charge >= 0.3 is 0 Å². The summed E-state index contributed by atoms with van der Waals surface area (Å²) >= 11 is 5.82. The van der Waals surface area contributed by atoms with E-state index in [-0.39, 0.29) is 5.91 Å². The predicted molar refractivity (Wildman–Crippen MR) is 103 cm³/mol. The van der Waals surface area contributed by atoms with Gasteiger partial charge in [-0.05, 0) is 55.6 Å². The maximum Gasteiger partial charge on any atom is 0.248 e. The monoisotopic (exact) mass is 375 g/mol. The molecule has 0 radical (unpaired) electrons. The van der Waals surface area contributed by atoms with Gasteiger partial charge in [0.05, 0.1) is 0 Å². The molecule has 3 N–H and O–H groups in total. The van der Waals surface area contributed by atoms with Gasteiger partial charge in [-0.1, -0.05) is 11.6 Å². The zero-order valence-electron chi connectivity index (χ0n) is 14.6. The van der Waals surface area contributed by atoms with Gasteiger partial charge in [-0.2, -0.15) is 0 Å². The Bertz CT molecular complexity index is 733. The Morgan fingerprint density at radius 2 is 1.73 bits per heavy atom. The Kier molecular flexibility index (Phi) is 7.44. The molecule has 0 saturated carbocycles. The molecule has 0 atom stereocenters. The first kappa shape index (κ1) is 19.8. The van der Waals surface area contributed by atoms with Crippen molar-refractivity contribution in [2.75, 3.05) is 32.1 Å². The number of nitrogens with two attached hydrogens (primary N) is 1. The number of halogens is 1. The highest BCUT2D eigenvalue weighted by molar-refractivity contribution is 6.30. The number of amides is 2. The maximum absolute atomic E-state index is 12.0. The summed E-state index contributed by atoms with van der Waals surface area (Å²) in [5.41, 5.74) is 6.22. The molecule has 2 rings (SSSR count). The molecule has 0 aliphatic heterocycles. The number of nitrogens with one attached hydrogen (secondary N) is 1. The predicted octanol–water partition coefficient (Wildman–Crippen LogP) is 2.78. The van der Waals surface area contributed by atoms with Gasteiger partial charge in [0.1, 0.15) is 12.4 Å². The van der Waals surface area contributed by atoms with Gasteiger partial charge in [-0.25, -0.2) is 0 Å². The van der Waals surface area contributed by atoms with Crippen LogP contribution in [-0.4, -0.2) is 43.5 Å². The van der Waals surface area contributed by atoms with Crippen LogP contribution in [0.2, 0.25) is 5.02 Å². The number of benzene rings is 2. The van der Waals surface area contributed by atoms with Crippen LogP contribution in [0.1, 0.15) is 16.8 Å². The van der Waals surface area contributed by atoms with E-state index in [0.29, 0.717) is 42.4 Å². The Balaban J connectivity index is 1.66. The van der Waals surface area contributed by atoms with Gasteiger partial charge in [0.15, 0.2) is 0 Å². The molecular weight excluding hydrogens is 354 g/mol. The molecule has 26 heavy (non-hydrogen) atoms. The van der Waals surface area contributed by atoms with Gasteiger partial charge in [-0.15, -0.1) is 0 Å². The Morgan fingerprint density at radius 3 is 2.35 bits per heavy atom. The van der Waals surface area contributed by atoms with E-state index in [4.69, 9.17) is 22.1 Å². The van der Waals surface area contributed by atoms with Crippen LogP contribution < -0.4 is 15.8 Å². The smallest absolute Gasteiger partial charge is 0.248 e. The molecule has 2 amide bonds. The zero-order chi connectivity index (χ0) is 18.9. The van der Waals surface area contributed by atoms with Crippen molar-refractivity contribution in [3.05, 3.63) is 59.1 Å². The molecule has 0 heterocycles. The molecule has 0 aliphatic rings. The molecule has 0 saturated heterocycles. The van der Waals surface area contributed by atoms with Gasteiger partial charge in [0, 0.05) is 35.8 Å². The Hall–Kier alpha value is -2.57. The lowest BCUT2D eigenvalue weighted by molar-refractivity contribution is -0.116. The summed E-state index contributed by atoms with van der Waals surface area (Å²) < 4.78 is 5.63. The van der Waals surface area contributed by atoms with Crippen LogP contribution >= 0.6 is 11.6 Å². The van der Waals surface area contributed by atoms with Crippen molar-refractivity contribution >= 4 is 29.1 Å². The second-order valence-corrected chi connectivity index (χ2v) is 6.28. The second kappa shape index (κ2) is 9.79. The number of ether oxygens (including phenoxy) is 1. The van der Waals surface area contributed by atoms with E-state index in [1.54, 1.807) is 36.4 Å². The van der Waals surface area contributed by atoms with Crippen LogP contribution in [0.15, 0.2) is 48.5 Å². The largest absolute Gasteiger partial charge is 0.492 e. The molecule has 6 nitrogen and oxygen atoms in total. The average Bonchev–Trinajstić information content (AvgIpc) is 2.62. The van der Waals surface area contributed by atoms with E-state index in [1.165, 1.54) is 0 Å². The summed E-state index contributed by atoms with van der Waals surface area (Å²) in [6.07, 6.45) is 0.356. The van der Waals surface area contributed by atoms with Gasteiger partial charge in [0.2, 0.25) is 11.8 Å². The topological polar surface area (TPSA) is 84.7 Å². The van der Waals surface area contributed by atoms with Gasteiger partial charge < -0.3 is 20.7 Å². The average molecular weight is 376 g/mol. The zero-order valence-corrected chi connectivity index (χ0v) is 15.3. The minimum absolute atomic E-state index is 0.0951. The summed E-state index contributed by atoms with van der Waals surface area (Å²) in [4.78, 5) is 25.0. The third-order valence-electron chi connectivity index (χ3n) is 3.73. The van der Waals surface area contributed by atoms with Crippen LogP contribution in [0.25, 0.3) is 0 Å². The third-order valence-corrected chi connectivity index (χ3v) is 3.98. The molecule has 2 aromatic rings. The van der Waals surface area contributed by atoms with Crippen molar-refractivity contribution in [3.8, 4) is 5.75 Å². The number of carbonyl (C=O) groups is 2. The quantitative estimate of drug-likeness (QED) is 0.705. The number of likely N-dealkylation sites (N-methyl/N-ethyl adjacent to an activating group) is 1. The highest BCUT2D eigenvalue weighted by Crippen LogP contribution is 2.15. The first-order valence-electron chi connectivity index (χ1n) is 8.20. The van der Waals surface area contributed by atoms with E-state index >= 15 is 0 Å². The van der Waals surface area contributed by atoms with Crippen molar-refractivity contribution in [1.82, 2.24) is 4.90 Å². The van der Waals surface area contributed by atoms with E-state index in [9.17, 15) is 9.59 Å². The molecule has 2 aromatic carbocycles. The highest BCUT2D eigenvalue weighted by Gasteiger charge is 2.06. The summed E-state index contributed by atoms with van der Waals surface area (Å²) in [6.45, 7) is 1.83. The molecule has 0 aromatic heterocycles. The normalized spacial score (nSPS) is 10.6. The van der Waals surface area contributed by atoms with Crippen molar-refractivity contribution in [2.24, 2.45) is 5.73 Å². The molecule has 7 heteroatoms. The van der Waals surface area contributed by atoms with Crippen LogP contribution in [-0.2, 0) is 4.79 Å². The van der Waals surface area contributed by atoms with Crippen molar-refractivity contribution in [2.45, 2.75) is 6.42 Å². The van der Waals surface area contributed by atoms with E-state index in [0.717, 1.165) is 5.75 Å². The minimum Gasteiger partial charge on any atom is -0.492 e. The lowest BCUT2D eigenvalue weighted by atomic mass is 10.2. The number of hydrogen-bond donors (Lipinski definition) is 2. The lowest BCUT2D eigenvalue weighted by Gasteiger charge is -2.16. The van der Waals surface area contributed by atoms with E-state index in [2.05, 4.69) is 5.32 Å². The standard InChI is InChI=1S/C19H22ClN3O3/c1-23(12-13-26-17-8-4-15(20)5-9-17)11-10-18(24)22-16-6-2-14(3-7-16)19(21)25/h2-9H,10-13H2,1H3,(H2,21,25)(H,22,24). The molecule has 138 valence electrons.